The number of rotatable bonds is 1. The number of fused-ring (bicyclic) bond motifs is 1. The second-order valence-electron chi connectivity index (χ2n) is 9.88. The van der Waals surface area contributed by atoms with Crippen LogP contribution < -0.4 is 9.47 Å². The highest BCUT2D eigenvalue weighted by molar-refractivity contribution is 5.63. The van der Waals surface area contributed by atoms with Crippen LogP contribution in [0.2, 0.25) is 0 Å². The van der Waals surface area contributed by atoms with Gasteiger partial charge >= 0.3 is 0 Å². The van der Waals surface area contributed by atoms with Crippen molar-refractivity contribution in [2.45, 2.75) is 87.1 Å². The highest BCUT2D eigenvalue weighted by Crippen LogP contribution is 2.68. The molecule has 2 saturated heterocycles. The maximum atomic E-state index is 12.3. The summed E-state index contributed by atoms with van der Waals surface area (Å²) in [5.74, 6) is 0.692. The monoisotopic (exact) mass is 401 g/mol. The maximum absolute atomic E-state index is 12.3. The average Bonchev–Trinajstić information content (AvgIpc) is 3.03. The molecule has 6 atom stereocenters. The molecule has 29 heavy (non-hydrogen) atoms. The van der Waals surface area contributed by atoms with Crippen LogP contribution in [0.5, 0.6) is 11.5 Å². The third kappa shape index (κ3) is 2.02. The number of nitrogens with zero attached hydrogens (tertiary/aromatic N) is 1. The third-order valence-corrected chi connectivity index (χ3v) is 8.40. The highest BCUT2D eigenvalue weighted by atomic mass is 16.7. The minimum Gasteiger partial charge on any atom is -0.493 e. The normalized spacial score (nSPS) is 47.6. The quantitative estimate of drug-likeness (QED) is 0.780. The van der Waals surface area contributed by atoms with Crippen molar-refractivity contribution in [3.63, 3.8) is 0 Å². The Bertz CT molecular complexity index is 863. The zero-order chi connectivity index (χ0) is 20.2. The molecule has 6 heteroatoms. The van der Waals surface area contributed by atoms with Gasteiger partial charge in [0.2, 0.25) is 5.79 Å². The molecule has 3 aliphatic heterocycles. The van der Waals surface area contributed by atoms with Gasteiger partial charge in [0, 0.05) is 18.0 Å². The number of benzene rings is 1. The fourth-order valence-corrected chi connectivity index (χ4v) is 7.37. The number of aliphatic hydroxyl groups is 1. The first-order chi connectivity index (χ1) is 13.8. The van der Waals surface area contributed by atoms with Crippen molar-refractivity contribution in [2.24, 2.45) is 0 Å². The van der Waals surface area contributed by atoms with Crippen LogP contribution in [0.15, 0.2) is 12.1 Å². The van der Waals surface area contributed by atoms with Crippen LogP contribution in [-0.2, 0) is 21.3 Å². The topological polar surface area (TPSA) is 60.4 Å². The molecule has 1 saturated carbocycles. The van der Waals surface area contributed by atoms with Crippen molar-refractivity contribution in [3.05, 3.63) is 23.3 Å². The lowest BCUT2D eigenvalue weighted by molar-refractivity contribution is -0.378. The van der Waals surface area contributed by atoms with Gasteiger partial charge in [0.1, 0.15) is 0 Å². The van der Waals surface area contributed by atoms with Gasteiger partial charge in [-0.05, 0) is 64.8 Å². The summed E-state index contributed by atoms with van der Waals surface area (Å²) >= 11 is 0. The summed E-state index contributed by atoms with van der Waals surface area (Å²) in [4.78, 5) is 2.33. The van der Waals surface area contributed by atoms with Crippen LogP contribution in [0.25, 0.3) is 0 Å². The minimum atomic E-state index is -0.864. The molecule has 0 radical (unpaired) electrons. The fraction of sp³-hybridized carbons (Fsp3) is 0.739. The predicted molar refractivity (Wildman–Crippen MR) is 106 cm³/mol. The van der Waals surface area contributed by atoms with Gasteiger partial charge in [-0.25, -0.2) is 0 Å². The lowest BCUT2D eigenvalue weighted by Gasteiger charge is -2.66. The summed E-state index contributed by atoms with van der Waals surface area (Å²) in [6, 6.07) is 4.24. The lowest BCUT2D eigenvalue weighted by Crippen LogP contribution is -2.80. The molecule has 1 N–H and O–H groups in total. The van der Waals surface area contributed by atoms with E-state index in [4.69, 9.17) is 18.9 Å². The fourth-order valence-electron chi connectivity index (χ4n) is 7.37. The molecule has 0 amide bonds. The molecule has 1 aromatic carbocycles. The number of likely N-dealkylation sites (tertiary alicyclic amines) is 1. The summed E-state index contributed by atoms with van der Waals surface area (Å²) in [6.45, 7) is 5.15. The smallest absolute Gasteiger partial charge is 0.207 e. The van der Waals surface area contributed by atoms with E-state index >= 15 is 0 Å². The Labute approximate surface area is 172 Å². The van der Waals surface area contributed by atoms with E-state index < -0.39 is 16.8 Å². The number of hydrogen-bond acceptors (Lipinski definition) is 6. The Balaban J connectivity index is 1.61. The average molecular weight is 402 g/mol. The van der Waals surface area contributed by atoms with Crippen molar-refractivity contribution in [2.75, 3.05) is 20.7 Å². The Morgan fingerprint density at radius 1 is 1.14 bits per heavy atom. The van der Waals surface area contributed by atoms with Crippen LogP contribution in [0.4, 0.5) is 0 Å². The SMILES string of the molecule is COc1ccc2c3c1O[C@H]1C4(CC[C@@]5(O)[C@@H](C2)N(C)CC[C@]315)OC(C)CC(C)O4. The predicted octanol–water partition coefficient (Wildman–Crippen LogP) is 2.39. The van der Waals surface area contributed by atoms with E-state index in [2.05, 4.69) is 31.9 Å². The number of hydrogen-bond donors (Lipinski definition) is 1. The largest absolute Gasteiger partial charge is 0.493 e. The van der Waals surface area contributed by atoms with E-state index in [9.17, 15) is 5.11 Å². The third-order valence-electron chi connectivity index (χ3n) is 8.40. The van der Waals surface area contributed by atoms with Gasteiger partial charge in [0.25, 0.3) is 0 Å². The molecule has 2 bridgehead atoms. The summed E-state index contributed by atoms with van der Waals surface area (Å²) < 4.78 is 25.5. The van der Waals surface area contributed by atoms with Gasteiger partial charge in [0.15, 0.2) is 17.6 Å². The van der Waals surface area contributed by atoms with Crippen molar-refractivity contribution < 1.29 is 24.1 Å². The Morgan fingerprint density at radius 3 is 2.62 bits per heavy atom. The van der Waals surface area contributed by atoms with Crippen LogP contribution in [0, 0.1) is 0 Å². The van der Waals surface area contributed by atoms with Crippen molar-refractivity contribution in [1.82, 2.24) is 4.90 Å². The molecule has 3 heterocycles. The second-order valence-corrected chi connectivity index (χ2v) is 9.88. The highest BCUT2D eigenvalue weighted by Gasteiger charge is 2.77. The van der Waals surface area contributed by atoms with Crippen molar-refractivity contribution in [1.29, 1.82) is 0 Å². The Kier molecular flexibility index (Phi) is 3.60. The summed E-state index contributed by atoms with van der Waals surface area (Å²) in [5, 5.41) is 12.3. The zero-order valence-electron chi connectivity index (χ0n) is 17.7. The first-order valence-electron chi connectivity index (χ1n) is 11.0. The lowest BCUT2D eigenvalue weighted by atomic mass is 9.48. The minimum absolute atomic E-state index is 0.0741. The number of likely N-dealkylation sites (N-methyl/N-ethyl adjacent to an activating group) is 1. The van der Waals surface area contributed by atoms with Crippen LogP contribution in [0.3, 0.4) is 0 Å². The molecule has 1 aromatic rings. The standard InChI is InChI=1S/C23H31NO5/c1-13-11-14(2)29-23(28-13)8-7-22(25)17-12-15-5-6-16(26-4)19-18(15)21(22,20(23)27-19)9-10-24(17)3/h5-6,13-14,17,20,25H,7-12H2,1-4H3/t13?,14?,17-,20-,21+,22-,23?/m1/s1. The molecule has 0 aromatic heterocycles. The van der Waals surface area contributed by atoms with Crippen LogP contribution in [0.1, 0.15) is 50.7 Å². The van der Waals surface area contributed by atoms with Gasteiger partial charge in [-0.1, -0.05) is 6.07 Å². The molecular weight excluding hydrogens is 370 g/mol. The van der Waals surface area contributed by atoms with Crippen molar-refractivity contribution in [3.8, 4) is 11.5 Å². The zero-order valence-corrected chi connectivity index (χ0v) is 17.7. The van der Waals surface area contributed by atoms with Crippen LogP contribution in [-0.4, -0.2) is 66.5 Å². The maximum Gasteiger partial charge on any atom is 0.207 e. The van der Waals surface area contributed by atoms with E-state index in [1.807, 2.05) is 6.07 Å². The molecular formula is C23H31NO5. The van der Waals surface area contributed by atoms with E-state index in [1.165, 1.54) is 5.56 Å². The molecule has 6 rings (SSSR count). The number of ether oxygens (including phenoxy) is 4. The molecule has 2 unspecified atom stereocenters. The molecule has 2 aliphatic carbocycles. The summed E-state index contributed by atoms with van der Waals surface area (Å²) in [7, 11) is 3.82. The van der Waals surface area contributed by atoms with Gasteiger partial charge in [0.05, 0.1) is 30.3 Å². The van der Waals surface area contributed by atoms with E-state index in [-0.39, 0.29) is 24.4 Å². The summed E-state index contributed by atoms with van der Waals surface area (Å²) in [6.07, 6.45) is 3.64. The molecule has 158 valence electrons. The molecule has 2 spiro atoms. The van der Waals surface area contributed by atoms with E-state index in [0.717, 1.165) is 42.9 Å². The first kappa shape index (κ1) is 18.4. The number of methoxy groups -OCH3 is 1. The van der Waals surface area contributed by atoms with Gasteiger partial charge < -0.3 is 29.0 Å². The van der Waals surface area contributed by atoms with E-state index in [0.29, 0.717) is 12.8 Å². The second kappa shape index (κ2) is 5.67. The van der Waals surface area contributed by atoms with Gasteiger partial charge in [-0.3, -0.25) is 0 Å². The molecule has 3 fully saturated rings. The Morgan fingerprint density at radius 2 is 1.90 bits per heavy atom. The van der Waals surface area contributed by atoms with Crippen molar-refractivity contribution >= 4 is 0 Å². The summed E-state index contributed by atoms with van der Waals surface area (Å²) in [5.41, 5.74) is 1.01. The van der Waals surface area contributed by atoms with Gasteiger partial charge in [-0.15, -0.1) is 0 Å². The molecule has 5 aliphatic rings. The van der Waals surface area contributed by atoms with E-state index in [1.54, 1.807) is 7.11 Å². The number of piperidine rings is 1. The van der Waals surface area contributed by atoms with Gasteiger partial charge in [-0.2, -0.15) is 0 Å². The first-order valence-corrected chi connectivity index (χ1v) is 11.0. The molecule has 6 nitrogen and oxygen atoms in total. The van der Waals surface area contributed by atoms with Crippen LogP contribution >= 0.6 is 0 Å². The Hall–Kier alpha value is -1.34.